The van der Waals surface area contributed by atoms with Gasteiger partial charge in [0.2, 0.25) is 0 Å². The van der Waals surface area contributed by atoms with E-state index in [-0.39, 0.29) is 21.2 Å². The number of carboxylic acid groups (broad SMARTS) is 1. The van der Waals surface area contributed by atoms with Crippen LogP contribution in [0.2, 0.25) is 9.36 Å². The minimum absolute atomic E-state index is 0.0756. The Morgan fingerprint density at radius 1 is 1.16 bits per heavy atom. The third-order valence-electron chi connectivity index (χ3n) is 5.75. The van der Waals surface area contributed by atoms with Gasteiger partial charge in [-0.15, -0.1) is 11.3 Å². The molecule has 7 nitrogen and oxygen atoms in total. The van der Waals surface area contributed by atoms with Crippen LogP contribution >= 0.6 is 34.5 Å². The SMILES string of the molecule is Cn1ncc(Cl)c1-c1cc(C(=O)N[C@@H](Cc2ccccc2C(F)(F)F)C(NC(=O)O)C(C)(C)C)sc1Cl. The lowest BCUT2D eigenvalue weighted by atomic mass is 9.79. The average Bonchev–Trinajstić information content (AvgIpc) is 3.31. The average molecular weight is 577 g/mol. The van der Waals surface area contributed by atoms with E-state index in [4.69, 9.17) is 23.2 Å². The lowest BCUT2D eigenvalue weighted by Crippen LogP contribution is -2.58. The van der Waals surface area contributed by atoms with Crippen LogP contribution in [0.15, 0.2) is 36.5 Å². The van der Waals surface area contributed by atoms with E-state index in [1.54, 1.807) is 27.8 Å². The summed E-state index contributed by atoms with van der Waals surface area (Å²) in [5.41, 5.74) is -0.725. The number of aryl methyl sites for hydroxylation is 1. The number of nitrogens with zero attached hydrogens (tertiary/aromatic N) is 2. The molecule has 0 aliphatic carbocycles. The second-order valence-corrected chi connectivity index (χ2v) is 11.6. The smallest absolute Gasteiger partial charge is 0.416 e. The number of thiophene rings is 1. The van der Waals surface area contributed by atoms with Crippen LogP contribution in [-0.2, 0) is 19.6 Å². The molecule has 13 heteroatoms. The monoisotopic (exact) mass is 576 g/mol. The van der Waals surface area contributed by atoms with E-state index < -0.39 is 41.2 Å². The Bertz CT molecular complexity index is 1280. The van der Waals surface area contributed by atoms with Crippen LogP contribution in [0.1, 0.15) is 41.6 Å². The number of rotatable bonds is 7. The molecule has 2 heterocycles. The summed E-state index contributed by atoms with van der Waals surface area (Å²) in [4.78, 5) is 25.1. The van der Waals surface area contributed by atoms with Crippen LogP contribution in [0.5, 0.6) is 0 Å². The van der Waals surface area contributed by atoms with Gasteiger partial charge >= 0.3 is 12.3 Å². The van der Waals surface area contributed by atoms with Crippen molar-refractivity contribution in [1.29, 1.82) is 0 Å². The molecule has 0 spiro atoms. The van der Waals surface area contributed by atoms with E-state index in [9.17, 15) is 27.9 Å². The number of alkyl halides is 3. The van der Waals surface area contributed by atoms with Crippen molar-refractivity contribution in [3.05, 3.63) is 61.9 Å². The first-order valence-corrected chi connectivity index (χ1v) is 12.6. The summed E-state index contributed by atoms with van der Waals surface area (Å²) in [6, 6.07) is 4.55. The largest absolute Gasteiger partial charge is 0.465 e. The van der Waals surface area contributed by atoms with Gasteiger partial charge in [0.05, 0.1) is 39.4 Å². The Labute approximate surface area is 225 Å². The van der Waals surface area contributed by atoms with Gasteiger partial charge in [0.1, 0.15) is 4.34 Å². The van der Waals surface area contributed by atoms with Crippen molar-refractivity contribution in [3.8, 4) is 11.3 Å². The molecule has 200 valence electrons. The maximum absolute atomic E-state index is 13.7. The zero-order valence-electron chi connectivity index (χ0n) is 20.3. The highest BCUT2D eigenvalue weighted by molar-refractivity contribution is 7.18. The zero-order valence-corrected chi connectivity index (χ0v) is 22.6. The maximum atomic E-state index is 13.7. The molecular formula is C24H25Cl2F3N4O3S. The number of benzene rings is 1. The molecule has 1 unspecified atom stereocenters. The van der Waals surface area contributed by atoms with Crippen molar-refractivity contribution < 1.29 is 27.9 Å². The highest BCUT2D eigenvalue weighted by Crippen LogP contribution is 2.39. The van der Waals surface area contributed by atoms with Crippen LogP contribution in [-0.4, -0.2) is 39.0 Å². The zero-order chi connectivity index (χ0) is 27.7. The third-order valence-corrected chi connectivity index (χ3v) is 7.39. The first-order chi connectivity index (χ1) is 17.1. The summed E-state index contributed by atoms with van der Waals surface area (Å²) in [6.07, 6.45) is -4.83. The first-order valence-electron chi connectivity index (χ1n) is 11.0. The lowest BCUT2D eigenvalue weighted by molar-refractivity contribution is -0.138. The third kappa shape index (κ3) is 6.77. The van der Waals surface area contributed by atoms with Gasteiger partial charge in [0.25, 0.3) is 5.91 Å². The normalized spacial score (nSPS) is 13.8. The maximum Gasteiger partial charge on any atom is 0.416 e. The molecule has 0 saturated carbocycles. The number of carbonyl (C=O) groups excluding carboxylic acids is 1. The molecule has 0 bridgehead atoms. The molecule has 0 aliphatic heterocycles. The minimum atomic E-state index is -4.62. The number of halogens is 5. The molecule has 3 rings (SSSR count). The van der Waals surface area contributed by atoms with Gasteiger partial charge in [0, 0.05) is 12.6 Å². The Morgan fingerprint density at radius 3 is 2.35 bits per heavy atom. The molecule has 3 N–H and O–H groups in total. The molecule has 37 heavy (non-hydrogen) atoms. The van der Waals surface area contributed by atoms with Gasteiger partial charge in [-0.3, -0.25) is 9.48 Å². The molecule has 3 aromatic rings. The molecule has 0 fully saturated rings. The quantitative estimate of drug-likeness (QED) is 0.299. The van der Waals surface area contributed by atoms with Crippen LogP contribution in [0.25, 0.3) is 11.3 Å². The fourth-order valence-electron chi connectivity index (χ4n) is 4.11. The molecule has 2 atom stereocenters. The molecule has 2 aromatic heterocycles. The van der Waals surface area contributed by atoms with Crippen LogP contribution in [0.3, 0.4) is 0 Å². The predicted molar refractivity (Wildman–Crippen MR) is 137 cm³/mol. The van der Waals surface area contributed by atoms with Crippen molar-refractivity contribution >= 4 is 46.5 Å². The van der Waals surface area contributed by atoms with Crippen molar-refractivity contribution in [3.63, 3.8) is 0 Å². The van der Waals surface area contributed by atoms with E-state index in [2.05, 4.69) is 15.7 Å². The van der Waals surface area contributed by atoms with Gasteiger partial charge < -0.3 is 15.7 Å². The number of carbonyl (C=O) groups is 2. The van der Waals surface area contributed by atoms with Gasteiger partial charge in [-0.05, 0) is 29.5 Å². The van der Waals surface area contributed by atoms with Crippen LogP contribution in [0.4, 0.5) is 18.0 Å². The Kier molecular flexibility index (Phi) is 8.50. The summed E-state index contributed by atoms with van der Waals surface area (Å²) >= 11 is 13.6. The van der Waals surface area contributed by atoms with E-state index >= 15 is 0 Å². The van der Waals surface area contributed by atoms with Crippen molar-refractivity contribution in [1.82, 2.24) is 20.4 Å². The summed E-state index contributed by atoms with van der Waals surface area (Å²) in [7, 11) is 1.66. The van der Waals surface area contributed by atoms with Crippen molar-refractivity contribution in [2.75, 3.05) is 0 Å². The molecule has 0 saturated heterocycles. The standard InChI is InChI=1S/C24H25Cl2F3N4O3S/c1-23(2,3)19(32-22(35)36)16(9-12-7-5-6-8-14(12)24(27,28)29)31-21(34)17-10-13(20(26)37-17)18-15(25)11-30-33(18)4/h5-8,10-11,16,19,32H,9H2,1-4H3,(H,31,34)(H,35,36)/t16-,19?/m0/s1. The second kappa shape index (κ2) is 10.9. The van der Waals surface area contributed by atoms with Gasteiger partial charge in [-0.1, -0.05) is 62.2 Å². The number of nitrogens with one attached hydrogen (secondary N) is 2. The second-order valence-electron chi connectivity index (χ2n) is 9.49. The summed E-state index contributed by atoms with van der Waals surface area (Å²) < 4.78 is 42.8. The predicted octanol–water partition coefficient (Wildman–Crippen LogP) is 6.50. The van der Waals surface area contributed by atoms with Gasteiger partial charge in [-0.2, -0.15) is 18.3 Å². The summed E-state index contributed by atoms with van der Waals surface area (Å²) in [6.45, 7) is 5.19. The summed E-state index contributed by atoms with van der Waals surface area (Å²) in [5, 5.41) is 19.0. The topological polar surface area (TPSA) is 96.3 Å². The highest BCUT2D eigenvalue weighted by atomic mass is 35.5. The molecular weight excluding hydrogens is 552 g/mol. The molecule has 1 aromatic carbocycles. The summed E-state index contributed by atoms with van der Waals surface area (Å²) in [5.74, 6) is -0.618. The van der Waals surface area contributed by atoms with E-state index in [1.165, 1.54) is 35.1 Å². The molecule has 2 amide bonds. The van der Waals surface area contributed by atoms with E-state index in [0.29, 0.717) is 16.3 Å². The first kappa shape index (κ1) is 28.8. The number of amides is 2. The Morgan fingerprint density at radius 2 is 1.81 bits per heavy atom. The Hall–Kier alpha value is -2.76. The fraction of sp³-hybridized carbons (Fsp3) is 0.375. The molecule has 0 aliphatic rings. The Balaban J connectivity index is 2.01. The van der Waals surface area contributed by atoms with Crippen molar-refractivity contribution in [2.24, 2.45) is 12.5 Å². The van der Waals surface area contributed by atoms with Gasteiger partial charge in [0.15, 0.2) is 0 Å². The highest BCUT2D eigenvalue weighted by Gasteiger charge is 2.38. The lowest BCUT2D eigenvalue weighted by Gasteiger charge is -2.37. The van der Waals surface area contributed by atoms with Crippen molar-refractivity contribution in [2.45, 2.75) is 45.5 Å². The van der Waals surface area contributed by atoms with Gasteiger partial charge in [-0.25, -0.2) is 4.79 Å². The minimum Gasteiger partial charge on any atom is -0.465 e. The number of hydrogen-bond donors (Lipinski definition) is 3. The van der Waals surface area contributed by atoms with Crippen LogP contribution < -0.4 is 10.6 Å². The van der Waals surface area contributed by atoms with Crippen LogP contribution in [0, 0.1) is 5.41 Å². The fourth-order valence-corrected chi connectivity index (χ4v) is 5.56. The number of aromatic nitrogens is 2. The van der Waals surface area contributed by atoms with E-state index in [1.807, 2.05) is 0 Å². The number of hydrogen-bond acceptors (Lipinski definition) is 4. The molecule has 0 radical (unpaired) electrons. The van der Waals surface area contributed by atoms with E-state index in [0.717, 1.165) is 17.4 Å².